The van der Waals surface area contributed by atoms with Gasteiger partial charge in [-0.3, -0.25) is 9.00 Å². The molecule has 128 valence electrons. The molecule has 0 fully saturated rings. The van der Waals surface area contributed by atoms with Gasteiger partial charge in [-0.2, -0.15) is 0 Å². The third-order valence-corrected chi connectivity index (χ3v) is 4.61. The van der Waals surface area contributed by atoms with Gasteiger partial charge in [-0.05, 0) is 30.9 Å². The Kier molecular flexibility index (Phi) is 7.91. The highest BCUT2D eigenvalue weighted by Gasteiger charge is 2.25. The van der Waals surface area contributed by atoms with Crippen LogP contribution in [0.25, 0.3) is 0 Å². The number of carbonyl (C=O) groups excluding carboxylic acids is 1. The van der Waals surface area contributed by atoms with Gasteiger partial charge >= 0.3 is 5.97 Å². The van der Waals surface area contributed by atoms with E-state index < -0.39 is 34.8 Å². The van der Waals surface area contributed by atoms with Crippen LogP contribution in [-0.2, 0) is 20.4 Å². The van der Waals surface area contributed by atoms with Gasteiger partial charge < -0.3 is 15.5 Å². The first kappa shape index (κ1) is 19.3. The molecule has 1 rings (SSSR count). The lowest BCUT2D eigenvalue weighted by atomic mass is 10.1. The number of hydrogen-bond acceptors (Lipinski definition) is 4. The Labute approximate surface area is 138 Å². The van der Waals surface area contributed by atoms with E-state index in [1.54, 1.807) is 30.3 Å². The van der Waals surface area contributed by atoms with Crippen LogP contribution in [0.2, 0.25) is 0 Å². The quantitative estimate of drug-likeness (QED) is 0.625. The number of aliphatic hydroxyl groups excluding tert-OH is 1. The molecule has 0 spiro atoms. The lowest BCUT2D eigenvalue weighted by Crippen LogP contribution is -2.46. The fourth-order valence-corrected chi connectivity index (χ4v) is 3.14. The number of aliphatic carboxylic acids is 1. The Balaban J connectivity index is 2.57. The summed E-state index contributed by atoms with van der Waals surface area (Å²) < 4.78 is 12.1. The SMILES string of the molecule is CC(C)C[C@@H](O)C(=O)N[C@@H](CC[S@](=O)c1ccccc1)C(=O)O. The Bertz CT molecular complexity index is 547. The van der Waals surface area contributed by atoms with Crippen molar-refractivity contribution in [2.45, 2.75) is 43.7 Å². The summed E-state index contributed by atoms with van der Waals surface area (Å²) in [5.41, 5.74) is 0. The molecule has 0 bridgehead atoms. The van der Waals surface area contributed by atoms with Gasteiger partial charge in [-0.25, -0.2) is 4.79 Å². The first-order chi connectivity index (χ1) is 10.8. The molecule has 0 saturated carbocycles. The number of nitrogens with one attached hydrogen (secondary N) is 1. The topological polar surface area (TPSA) is 104 Å². The number of rotatable bonds is 9. The zero-order valence-electron chi connectivity index (χ0n) is 13.3. The van der Waals surface area contributed by atoms with Gasteiger partial charge in [0.25, 0.3) is 0 Å². The first-order valence-electron chi connectivity index (χ1n) is 7.46. The molecule has 3 atom stereocenters. The molecule has 0 aliphatic heterocycles. The molecule has 3 N–H and O–H groups in total. The molecule has 1 aromatic rings. The molecule has 0 heterocycles. The van der Waals surface area contributed by atoms with Crippen molar-refractivity contribution in [3.05, 3.63) is 30.3 Å². The van der Waals surface area contributed by atoms with Crippen LogP contribution in [0.3, 0.4) is 0 Å². The maximum absolute atomic E-state index is 12.1. The maximum atomic E-state index is 12.1. The minimum absolute atomic E-state index is 0.0248. The summed E-state index contributed by atoms with van der Waals surface area (Å²) in [4.78, 5) is 23.7. The van der Waals surface area contributed by atoms with Crippen molar-refractivity contribution >= 4 is 22.7 Å². The zero-order valence-corrected chi connectivity index (χ0v) is 14.1. The van der Waals surface area contributed by atoms with Gasteiger partial charge in [0.15, 0.2) is 0 Å². The van der Waals surface area contributed by atoms with Crippen molar-refractivity contribution in [1.29, 1.82) is 0 Å². The average molecular weight is 341 g/mol. The Morgan fingerprint density at radius 1 is 1.22 bits per heavy atom. The number of carboxylic acids is 1. The fourth-order valence-electron chi connectivity index (χ4n) is 1.99. The lowest BCUT2D eigenvalue weighted by molar-refractivity contribution is -0.143. The highest BCUT2D eigenvalue weighted by Crippen LogP contribution is 2.09. The maximum Gasteiger partial charge on any atom is 0.326 e. The van der Waals surface area contributed by atoms with Crippen molar-refractivity contribution in [1.82, 2.24) is 5.32 Å². The number of hydrogen-bond donors (Lipinski definition) is 3. The summed E-state index contributed by atoms with van der Waals surface area (Å²) in [6.45, 7) is 3.71. The summed E-state index contributed by atoms with van der Waals surface area (Å²) in [7, 11) is -1.33. The van der Waals surface area contributed by atoms with Crippen molar-refractivity contribution < 1.29 is 24.0 Å². The smallest absolute Gasteiger partial charge is 0.326 e. The standard InChI is InChI=1S/C16H23NO5S/c1-11(2)10-14(18)15(19)17-13(16(20)21)8-9-23(22)12-6-4-3-5-7-12/h3-7,11,13-14,18H,8-10H2,1-2H3,(H,17,19)(H,20,21)/t13-,14+,23-/m0/s1. The molecule has 0 saturated heterocycles. The minimum Gasteiger partial charge on any atom is -0.480 e. The summed E-state index contributed by atoms with van der Waals surface area (Å²) >= 11 is 0. The van der Waals surface area contributed by atoms with Gasteiger partial charge in [-0.1, -0.05) is 32.0 Å². The van der Waals surface area contributed by atoms with Crippen LogP contribution < -0.4 is 5.32 Å². The van der Waals surface area contributed by atoms with Crippen LogP contribution in [0.1, 0.15) is 26.7 Å². The third-order valence-electron chi connectivity index (χ3n) is 3.21. The summed E-state index contributed by atoms with van der Waals surface area (Å²) in [6, 6.07) is 7.56. The van der Waals surface area contributed by atoms with Crippen LogP contribution in [0, 0.1) is 5.92 Å². The van der Waals surface area contributed by atoms with E-state index in [-0.39, 0.29) is 24.5 Å². The second-order valence-corrected chi connectivity index (χ2v) is 7.27. The number of amides is 1. The molecule has 1 aromatic carbocycles. The number of carboxylic acid groups (broad SMARTS) is 1. The van der Waals surface area contributed by atoms with Gasteiger partial charge in [0, 0.05) is 10.6 Å². The largest absolute Gasteiger partial charge is 0.480 e. The summed E-state index contributed by atoms with van der Waals surface area (Å²) in [6.07, 6.45) is -0.957. The predicted molar refractivity (Wildman–Crippen MR) is 87.4 cm³/mol. The first-order valence-corrected chi connectivity index (χ1v) is 8.77. The van der Waals surface area contributed by atoms with Gasteiger partial charge in [-0.15, -0.1) is 0 Å². The average Bonchev–Trinajstić information content (AvgIpc) is 2.50. The van der Waals surface area contributed by atoms with Crippen LogP contribution in [0.4, 0.5) is 0 Å². The van der Waals surface area contributed by atoms with Gasteiger partial charge in [0.05, 0.1) is 10.8 Å². The van der Waals surface area contributed by atoms with E-state index in [0.29, 0.717) is 4.90 Å². The molecule has 1 amide bonds. The van der Waals surface area contributed by atoms with E-state index in [1.165, 1.54) is 0 Å². The molecular formula is C16H23NO5S. The highest BCUT2D eigenvalue weighted by atomic mass is 32.2. The lowest BCUT2D eigenvalue weighted by Gasteiger charge is -2.18. The van der Waals surface area contributed by atoms with Gasteiger partial charge in [0.1, 0.15) is 12.1 Å². The second-order valence-electron chi connectivity index (χ2n) is 5.70. The summed E-state index contributed by atoms with van der Waals surface area (Å²) in [5, 5.41) is 21.2. The monoisotopic (exact) mass is 341 g/mol. The van der Waals surface area contributed by atoms with E-state index in [1.807, 2.05) is 13.8 Å². The number of aliphatic hydroxyl groups is 1. The molecular weight excluding hydrogens is 318 g/mol. The summed E-state index contributed by atoms with van der Waals surface area (Å²) in [5.74, 6) is -1.69. The molecule has 23 heavy (non-hydrogen) atoms. The molecule has 0 aromatic heterocycles. The van der Waals surface area contributed by atoms with Crippen molar-refractivity contribution in [2.24, 2.45) is 5.92 Å². The molecule has 0 unspecified atom stereocenters. The van der Waals surface area contributed by atoms with Crippen molar-refractivity contribution in [3.8, 4) is 0 Å². The minimum atomic E-state index is -1.33. The normalized spacial score (nSPS) is 15.0. The van der Waals surface area contributed by atoms with E-state index >= 15 is 0 Å². The van der Waals surface area contributed by atoms with E-state index in [0.717, 1.165) is 0 Å². The number of benzene rings is 1. The van der Waals surface area contributed by atoms with Crippen LogP contribution in [-0.4, -0.2) is 44.2 Å². The van der Waals surface area contributed by atoms with Crippen LogP contribution in [0.15, 0.2) is 35.2 Å². The zero-order chi connectivity index (χ0) is 17.4. The second kappa shape index (κ2) is 9.42. The Hall–Kier alpha value is -1.73. The predicted octanol–water partition coefficient (Wildman–Crippen LogP) is 1.16. The van der Waals surface area contributed by atoms with Crippen molar-refractivity contribution in [3.63, 3.8) is 0 Å². The Morgan fingerprint density at radius 2 is 1.83 bits per heavy atom. The molecule has 0 radical (unpaired) electrons. The van der Waals surface area contributed by atoms with Gasteiger partial charge in [0.2, 0.25) is 5.91 Å². The molecule has 0 aliphatic carbocycles. The van der Waals surface area contributed by atoms with Crippen LogP contribution in [0.5, 0.6) is 0 Å². The van der Waals surface area contributed by atoms with E-state index in [4.69, 9.17) is 0 Å². The van der Waals surface area contributed by atoms with E-state index in [9.17, 15) is 24.0 Å². The molecule has 7 heteroatoms. The van der Waals surface area contributed by atoms with E-state index in [2.05, 4.69) is 5.32 Å². The molecule has 6 nitrogen and oxygen atoms in total. The van der Waals surface area contributed by atoms with Crippen LogP contribution >= 0.6 is 0 Å². The Morgan fingerprint density at radius 3 is 2.35 bits per heavy atom. The fraction of sp³-hybridized carbons (Fsp3) is 0.500. The highest BCUT2D eigenvalue weighted by molar-refractivity contribution is 7.85. The third kappa shape index (κ3) is 6.92. The van der Waals surface area contributed by atoms with Crippen molar-refractivity contribution in [2.75, 3.05) is 5.75 Å². The molecule has 0 aliphatic rings. The number of carbonyl (C=O) groups is 2.